The Hall–Kier alpha value is -2.87. The van der Waals surface area contributed by atoms with E-state index in [1.807, 2.05) is 60.0 Å². The third-order valence-corrected chi connectivity index (χ3v) is 6.35. The van der Waals surface area contributed by atoms with Crippen molar-refractivity contribution in [1.82, 2.24) is 15.2 Å². The summed E-state index contributed by atoms with van der Waals surface area (Å²) < 4.78 is 5.79. The van der Waals surface area contributed by atoms with Crippen molar-refractivity contribution in [2.45, 2.75) is 10.1 Å². The van der Waals surface area contributed by atoms with Crippen molar-refractivity contribution < 1.29 is 4.42 Å². The Morgan fingerprint density at radius 2 is 1.90 bits per heavy atom. The summed E-state index contributed by atoms with van der Waals surface area (Å²) in [6.07, 6.45) is 0. The van der Waals surface area contributed by atoms with Crippen molar-refractivity contribution in [3.05, 3.63) is 81.4 Å². The molecule has 0 amide bonds. The number of nitrogens with one attached hydrogen (secondary N) is 1. The van der Waals surface area contributed by atoms with E-state index in [0.717, 1.165) is 33.2 Å². The molecule has 0 aliphatic heterocycles. The van der Waals surface area contributed by atoms with E-state index in [9.17, 15) is 4.79 Å². The first-order valence-corrected chi connectivity index (χ1v) is 10.7. The Morgan fingerprint density at radius 3 is 2.69 bits per heavy atom. The van der Waals surface area contributed by atoms with Crippen LogP contribution in [-0.2, 0) is 0 Å². The average Bonchev–Trinajstić information content (AvgIpc) is 3.41. The maximum Gasteiger partial charge on any atom is 0.281 e. The van der Waals surface area contributed by atoms with Gasteiger partial charge in [-0.15, -0.1) is 21.5 Å². The number of benzene rings is 2. The zero-order valence-corrected chi connectivity index (χ0v) is 17.1. The minimum absolute atomic E-state index is 0.223. The third-order valence-electron chi connectivity index (χ3n) is 4.32. The summed E-state index contributed by atoms with van der Waals surface area (Å²) in [5.74, 6) is 0.434. The van der Waals surface area contributed by atoms with Crippen LogP contribution in [0.2, 0.25) is 5.02 Å². The Balaban J connectivity index is 1.69. The van der Waals surface area contributed by atoms with Gasteiger partial charge in [-0.3, -0.25) is 4.79 Å². The van der Waals surface area contributed by atoms with Crippen molar-refractivity contribution >= 4 is 45.6 Å². The standard InChI is InChI=1S/C21H12ClN3O2S2/c22-13-8-9-15-14(11-13)17(12-5-2-1-3-6-12)18(19(26)23-15)29-21-25-24-20(27-21)16-7-4-10-28-16/h1-11H,(H,23,26). The lowest BCUT2D eigenvalue weighted by atomic mass is 10.0. The molecule has 5 nitrogen and oxygen atoms in total. The number of halogens is 1. The number of aromatic amines is 1. The number of fused-ring (bicyclic) bond motifs is 1. The van der Waals surface area contributed by atoms with Gasteiger partial charge < -0.3 is 9.40 Å². The maximum absolute atomic E-state index is 13.0. The van der Waals surface area contributed by atoms with E-state index < -0.39 is 0 Å². The lowest BCUT2D eigenvalue weighted by molar-refractivity contribution is 0.467. The first-order valence-electron chi connectivity index (χ1n) is 8.65. The summed E-state index contributed by atoms with van der Waals surface area (Å²) in [6, 6.07) is 19.0. The highest BCUT2D eigenvalue weighted by Gasteiger charge is 2.19. The molecule has 0 unspecified atom stereocenters. The molecule has 0 saturated heterocycles. The van der Waals surface area contributed by atoms with Crippen molar-refractivity contribution in [3.63, 3.8) is 0 Å². The molecule has 0 saturated carbocycles. The summed E-state index contributed by atoms with van der Waals surface area (Å²) in [6.45, 7) is 0. The second-order valence-corrected chi connectivity index (χ2v) is 8.51. The lowest BCUT2D eigenvalue weighted by Gasteiger charge is -2.11. The van der Waals surface area contributed by atoms with E-state index in [0.29, 0.717) is 26.5 Å². The second kappa shape index (κ2) is 7.51. The average molecular weight is 438 g/mol. The van der Waals surface area contributed by atoms with Gasteiger partial charge >= 0.3 is 0 Å². The van der Waals surface area contributed by atoms with Crippen LogP contribution in [0, 0.1) is 0 Å². The molecule has 0 spiro atoms. The van der Waals surface area contributed by atoms with Gasteiger partial charge in [0.2, 0.25) is 0 Å². The molecule has 0 aliphatic rings. The minimum Gasteiger partial charge on any atom is -0.410 e. The monoisotopic (exact) mass is 437 g/mol. The summed E-state index contributed by atoms with van der Waals surface area (Å²) in [5.41, 5.74) is 2.19. The zero-order chi connectivity index (χ0) is 19.8. The van der Waals surface area contributed by atoms with Gasteiger partial charge in [0, 0.05) is 21.5 Å². The van der Waals surface area contributed by atoms with Crippen LogP contribution < -0.4 is 5.56 Å². The van der Waals surface area contributed by atoms with E-state index in [4.69, 9.17) is 16.0 Å². The molecule has 142 valence electrons. The molecule has 0 radical (unpaired) electrons. The van der Waals surface area contributed by atoms with Gasteiger partial charge in [0.05, 0.1) is 9.77 Å². The number of thiophene rings is 1. The van der Waals surface area contributed by atoms with Crippen LogP contribution >= 0.6 is 34.7 Å². The molecule has 0 fully saturated rings. The third kappa shape index (κ3) is 3.48. The number of pyridine rings is 1. The number of aromatic nitrogens is 3. The Bertz CT molecular complexity index is 1360. The molecular weight excluding hydrogens is 426 g/mol. The Labute approximate surface area is 178 Å². The molecule has 29 heavy (non-hydrogen) atoms. The number of rotatable bonds is 4. The predicted octanol–water partition coefficient (Wildman–Crippen LogP) is 6.11. The molecule has 5 rings (SSSR count). The molecule has 5 aromatic rings. The highest BCUT2D eigenvalue weighted by molar-refractivity contribution is 7.99. The smallest absolute Gasteiger partial charge is 0.281 e. The van der Waals surface area contributed by atoms with Crippen molar-refractivity contribution in [1.29, 1.82) is 0 Å². The van der Waals surface area contributed by atoms with Gasteiger partial charge in [-0.1, -0.05) is 48.0 Å². The van der Waals surface area contributed by atoms with E-state index in [1.165, 1.54) is 11.3 Å². The van der Waals surface area contributed by atoms with E-state index in [1.54, 1.807) is 6.07 Å². The van der Waals surface area contributed by atoms with Gasteiger partial charge in [-0.05, 0) is 47.0 Å². The van der Waals surface area contributed by atoms with Crippen molar-refractivity contribution in [2.24, 2.45) is 0 Å². The number of H-pyrrole nitrogens is 1. The van der Waals surface area contributed by atoms with Crippen LogP contribution in [0.1, 0.15) is 0 Å². The Morgan fingerprint density at radius 1 is 1.03 bits per heavy atom. The van der Waals surface area contributed by atoms with Crippen LogP contribution in [0.15, 0.2) is 85.4 Å². The zero-order valence-electron chi connectivity index (χ0n) is 14.8. The molecule has 0 atom stereocenters. The van der Waals surface area contributed by atoms with Crippen molar-refractivity contribution in [3.8, 4) is 21.9 Å². The fourth-order valence-corrected chi connectivity index (χ4v) is 4.74. The molecule has 0 bridgehead atoms. The number of hydrogen-bond donors (Lipinski definition) is 1. The molecule has 8 heteroatoms. The minimum atomic E-state index is -0.223. The summed E-state index contributed by atoms with van der Waals surface area (Å²) in [4.78, 5) is 17.2. The number of nitrogens with zero attached hydrogens (tertiary/aromatic N) is 2. The first-order chi connectivity index (χ1) is 14.2. The van der Waals surface area contributed by atoms with Crippen LogP contribution in [-0.4, -0.2) is 15.2 Å². The highest BCUT2D eigenvalue weighted by atomic mass is 35.5. The highest BCUT2D eigenvalue weighted by Crippen LogP contribution is 2.38. The van der Waals surface area contributed by atoms with E-state index in [2.05, 4.69) is 15.2 Å². The van der Waals surface area contributed by atoms with E-state index in [-0.39, 0.29) is 5.56 Å². The SMILES string of the molecule is O=c1[nH]c2ccc(Cl)cc2c(-c2ccccc2)c1Sc1nnc(-c2cccs2)o1. The second-order valence-electron chi connectivity index (χ2n) is 6.17. The van der Waals surface area contributed by atoms with Crippen LogP contribution in [0.5, 0.6) is 0 Å². The van der Waals surface area contributed by atoms with E-state index >= 15 is 0 Å². The summed E-state index contributed by atoms with van der Waals surface area (Å²) >= 11 is 8.92. The molecule has 0 aliphatic carbocycles. The molecule has 1 N–H and O–H groups in total. The van der Waals surface area contributed by atoms with Gasteiger partial charge in [0.1, 0.15) is 0 Å². The van der Waals surface area contributed by atoms with Gasteiger partial charge in [0.25, 0.3) is 16.7 Å². The normalized spacial score (nSPS) is 11.2. The number of hydrogen-bond acceptors (Lipinski definition) is 6. The van der Waals surface area contributed by atoms with Crippen LogP contribution in [0.3, 0.4) is 0 Å². The summed E-state index contributed by atoms with van der Waals surface area (Å²) in [7, 11) is 0. The fraction of sp³-hybridized carbons (Fsp3) is 0. The topological polar surface area (TPSA) is 71.8 Å². The van der Waals surface area contributed by atoms with Gasteiger partial charge in [-0.2, -0.15) is 0 Å². The quantitative estimate of drug-likeness (QED) is 0.367. The van der Waals surface area contributed by atoms with Crippen molar-refractivity contribution in [2.75, 3.05) is 0 Å². The maximum atomic E-state index is 13.0. The molecule has 3 aromatic heterocycles. The summed E-state index contributed by atoms with van der Waals surface area (Å²) in [5, 5.41) is 11.9. The predicted molar refractivity (Wildman–Crippen MR) is 117 cm³/mol. The largest absolute Gasteiger partial charge is 0.410 e. The molecule has 2 aromatic carbocycles. The van der Waals surface area contributed by atoms with Gasteiger partial charge in [0.15, 0.2) is 0 Å². The lowest BCUT2D eigenvalue weighted by Crippen LogP contribution is -2.10. The molecule has 3 heterocycles. The Kier molecular flexibility index (Phi) is 4.71. The fourth-order valence-electron chi connectivity index (χ4n) is 3.07. The first kappa shape index (κ1) is 18.2. The molecular formula is C21H12ClN3O2S2. The van der Waals surface area contributed by atoms with Gasteiger partial charge in [-0.25, -0.2) is 0 Å². The van der Waals surface area contributed by atoms with Crippen LogP contribution in [0.4, 0.5) is 0 Å². The van der Waals surface area contributed by atoms with Crippen LogP contribution in [0.25, 0.3) is 32.8 Å².